The van der Waals surface area contributed by atoms with Gasteiger partial charge in [0.05, 0.1) is 17.6 Å². The maximum Gasteiger partial charge on any atom is 0.224 e. The molecule has 1 aromatic heterocycles. The van der Waals surface area contributed by atoms with Gasteiger partial charge in [0.25, 0.3) is 0 Å². The lowest BCUT2D eigenvalue weighted by Crippen LogP contribution is -2.19. The number of nitrogens with zero attached hydrogens (tertiary/aromatic N) is 1. The molecule has 0 fully saturated rings. The lowest BCUT2D eigenvalue weighted by Gasteiger charge is -2.11. The van der Waals surface area contributed by atoms with Gasteiger partial charge in [-0.1, -0.05) is 6.07 Å². The average Bonchev–Trinajstić information content (AvgIpc) is 2.59. The molecule has 2 aromatic carbocycles. The average molecular weight is 334 g/mol. The number of carbonyl (C=O) groups excluding carboxylic acids is 1. The molecule has 1 amide bonds. The second-order valence-electron chi connectivity index (χ2n) is 6.48. The van der Waals surface area contributed by atoms with Crippen molar-refractivity contribution >= 4 is 16.8 Å². The van der Waals surface area contributed by atoms with Crippen molar-refractivity contribution in [2.75, 3.05) is 7.05 Å². The molecule has 0 atom stereocenters. The third-order valence-corrected chi connectivity index (χ3v) is 4.51. The molecule has 0 unspecified atom stereocenters. The zero-order chi connectivity index (χ0) is 18.1. The number of fused-ring (bicyclic) bond motifs is 1. The number of aryl methyl sites for hydroxylation is 3. The Kier molecular flexibility index (Phi) is 4.45. The molecule has 0 aliphatic heterocycles. The first kappa shape index (κ1) is 17.0. The Morgan fingerprint density at radius 3 is 2.36 bits per heavy atom. The van der Waals surface area contributed by atoms with E-state index < -0.39 is 0 Å². The SMILES string of the molecule is CNC(=O)Cc1ccc2nc(-c3cc(C)c(O)c(C)c3)cc(C)c2c1. The van der Waals surface area contributed by atoms with Crippen molar-refractivity contribution in [3.8, 4) is 17.0 Å². The first-order valence-electron chi connectivity index (χ1n) is 8.30. The van der Waals surface area contributed by atoms with Crippen molar-refractivity contribution in [1.29, 1.82) is 0 Å². The van der Waals surface area contributed by atoms with Crippen LogP contribution in [-0.2, 0) is 11.2 Å². The number of amides is 1. The Bertz CT molecular complexity index is 954. The number of hydrogen-bond donors (Lipinski definition) is 2. The summed E-state index contributed by atoms with van der Waals surface area (Å²) >= 11 is 0. The number of pyridine rings is 1. The number of nitrogens with one attached hydrogen (secondary N) is 1. The highest BCUT2D eigenvalue weighted by molar-refractivity contribution is 5.87. The number of aromatic nitrogens is 1. The van der Waals surface area contributed by atoms with Gasteiger partial charge in [-0.15, -0.1) is 0 Å². The van der Waals surface area contributed by atoms with Gasteiger partial charge in [-0.25, -0.2) is 4.98 Å². The Morgan fingerprint density at radius 1 is 1.04 bits per heavy atom. The lowest BCUT2D eigenvalue weighted by atomic mass is 9.99. The van der Waals surface area contributed by atoms with Crippen LogP contribution in [0.1, 0.15) is 22.3 Å². The highest BCUT2D eigenvalue weighted by atomic mass is 16.3. The van der Waals surface area contributed by atoms with Gasteiger partial charge in [-0.2, -0.15) is 0 Å². The van der Waals surface area contributed by atoms with E-state index in [0.29, 0.717) is 12.2 Å². The van der Waals surface area contributed by atoms with Gasteiger partial charge in [-0.3, -0.25) is 4.79 Å². The minimum absolute atomic E-state index is 0.00312. The second kappa shape index (κ2) is 6.55. The molecule has 0 saturated heterocycles. The fraction of sp³-hybridized carbons (Fsp3) is 0.238. The highest BCUT2D eigenvalue weighted by Gasteiger charge is 2.10. The summed E-state index contributed by atoms with van der Waals surface area (Å²) < 4.78 is 0. The standard InChI is InChI=1S/C21H22N2O2/c1-12-9-19(16-7-13(2)21(25)14(3)8-16)23-18-6-5-15(10-17(12)18)11-20(24)22-4/h5-10,25H,11H2,1-4H3,(H,22,24). The molecule has 25 heavy (non-hydrogen) atoms. The minimum atomic E-state index is -0.00312. The summed E-state index contributed by atoms with van der Waals surface area (Å²) in [5, 5.41) is 13.7. The van der Waals surface area contributed by atoms with E-state index in [0.717, 1.165) is 44.4 Å². The van der Waals surface area contributed by atoms with Crippen LogP contribution in [0, 0.1) is 20.8 Å². The number of carbonyl (C=O) groups is 1. The monoisotopic (exact) mass is 334 g/mol. The predicted molar refractivity (Wildman–Crippen MR) is 101 cm³/mol. The Morgan fingerprint density at radius 2 is 1.72 bits per heavy atom. The molecule has 4 nitrogen and oxygen atoms in total. The van der Waals surface area contributed by atoms with Crippen LogP contribution in [-0.4, -0.2) is 23.0 Å². The zero-order valence-corrected chi connectivity index (χ0v) is 15.0. The van der Waals surface area contributed by atoms with Crippen LogP contribution in [0.4, 0.5) is 0 Å². The highest BCUT2D eigenvalue weighted by Crippen LogP contribution is 2.30. The van der Waals surface area contributed by atoms with E-state index in [9.17, 15) is 9.90 Å². The van der Waals surface area contributed by atoms with Gasteiger partial charge >= 0.3 is 0 Å². The molecule has 0 radical (unpaired) electrons. The number of phenolic OH excluding ortho intramolecular Hbond substituents is 1. The van der Waals surface area contributed by atoms with Crippen LogP contribution < -0.4 is 5.32 Å². The Balaban J connectivity index is 2.08. The molecular formula is C21H22N2O2. The van der Waals surface area contributed by atoms with Crippen molar-refractivity contribution in [2.24, 2.45) is 0 Å². The molecule has 2 N–H and O–H groups in total. The van der Waals surface area contributed by atoms with E-state index in [2.05, 4.69) is 18.3 Å². The fourth-order valence-corrected chi connectivity index (χ4v) is 3.08. The third-order valence-electron chi connectivity index (χ3n) is 4.51. The summed E-state index contributed by atoms with van der Waals surface area (Å²) in [6.07, 6.45) is 0.365. The number of hydrogen-bond acceptors (Lipinski definition) is 3. The van der Waals surface area contributed by atoms with Gasteiger partial charge in [-0.05, 0) is 73.4 Å². The van der Waals surface area contributed by atoms with Crippen LogP contribution in [0.3, 0.4) is 0 Å². The van der Waals surface area contributed by atoms with Crippen LogP contribution in [0.2, 0.25) is 0 Å². The topological polar surface area (TPSA) is 62.2 Å². The van der Waals surface area contributed by atoms with Crippen molar-refractivity contribution in [3.63, 3.8) is 0 Å². The van der Waals surface area contributed by atoms with Crippen molar-refractivity contribution < 1.29 is 9.90 Å². The smallest absolute Gasteiger partial charge is 0.224 e. The van der Waals surface area contributed by atoms with Crippen molar-refractivity contribution in [1.82, 2.24) is 10.3 Å². The molecule has 1 heterocycles. The summed E-state index contributed by atoms with van der Waals surface area (Å²) in [5.74, 6) is 0.330. The van der Waals surface area contributed by atoms with Crippen LogP contribution in [0.15, 0.2) is 36.4 Å². The van der Waals surface area contributed by atoms with Gasteiger partial charge < -0.3 is 10.4 Å². The van der Waals surface area contributed by atoms with E-state index in [-0.39, 0.29) is 5.91 Å². The maximum atomic E-state index is 11.6. The molecule has 128 valence electrons. The number of rotatable bonds is 3. The van der Waals surface area contributed by atoms with E-state index in [4.69, 9.17) is 4.98 Å². The lowest BCUT2D eigenvalue weighted by molar-refractivity contribution is -0.119. The number of phenols is 1. The third kappa shape index (κ3) is 3.33. The molecular weight excluding hydrogens is 312 g/mol. The maximum absolute atomic E-state index is 11.6. The molecule has 0 spiro atoms. The van der Waals surface area contributed by atoms with Crippen molar-refractivity contribution in [2.45, 2.75) is 27.2 Å². The molecule has 0 saturated carbocycles. The number of benzene rings is 2. The van der Waals surface area contributed by atoms with E-state index in [1.165, 1.54) is 0 Å². The number of likely N-dealkylation sites (N-methyl/N-ethyl adjacent to an activating group) is 1. The van der Waals surface area contributed by atoms with E-state index in [1.54, 1.807) is 7.05 Å². The zero-order valence-electron chi connectivity index (χ0n) is 15.0. The number of aromatic hydroxyl groups is 1. The van der Waals surface area contributed by atoms with E-state index >= 15 is 0 Å². The summed E-state index contributed by atoms with van der Waals surface area (Å²) in [6, 6.07) is 11.9. The van der Waals surface area contributed by atoms with Gasteiger partial charge in [0.1, 0.15) is 5.75 Å². The summed E-state index contributed by atoms with van der Waals surface area (Å²) in [6.45, 7) is 5.84. The molecule has 0 bridgehead atoms. The fourth-order valence-electron chi connectivity index (χ4n) is 3.08. The molecule has 4 heteroatoms. The first-order chi connectivity index (χ1) is 11.9. The summed E-state index contributed by atoms with van der Waals surface area (Å²) in [4.78, 5) is 16.4. The Hall–Kier alpha value is -2.88. The van der Waals surface area contributed by atoms with Gasteiger partial charge in [0.2, 0.25) is 5.91 Å². The summed E-state index contributed by atoms with van der Waals surface area (Å²) in [5.41, 5.74) is 6.55. The molecule has 3 rings (SSSR count). The van der Waals surface area contributed by atoms with Crippen molar-refractivity contribution in [3.05, 3.63) is 58.7 Å². The quantitative estimate of drug-likeness (QED) is 0.765. The minimum Gasteiger partial charge on any atom is -0.507 e. The summed E-state index contributed by atoms with van der Waals surface area (Å²) in [7, 11) is 1.64. The Labute approximate surface area is 147 Å². The second-order valence-corrected chi connectivity index (χ2v) is 6.48. The van der Waals surface area contributed by atoms with Gasteiger partial charge in [0.15, 0.2) is 0 Å². The van der Waals surface area contributed by atoms with E-state index in [1.807, 2.05) is 44.2 Å². The van der Waals surface area contributed by atoms with Gasteiger partial charge in [0, 0.05) is 18.0 Å². The van der Waals surface area contributed by atoms with Crippen LogP contribution >= 0.6 is 0 Å². The normalized spacial score (nSPS) is 10.9. The molecule has 3 aromatic rings. The predicted octanol–water partition coefficient (Wildman–Crippen LogP) is 3.82. The largest absolute Gasteiger partial charge is 0.507 e. The first-order valence-corrected chi connectivity index (χ1v) is 8.30. The van der Waals surface area contributed by atoms with Crippen LogP contribution in [0.25, 0.3) is 22.2 Å². The molecule has 0 aliphatic rings. The van der Waals surface area contributed by atoms with Crippen LogP contribution in [0.5, 0.6) is 5.75 Å². The molecule has 0 aliphatic carbocycles.